The monoisotopic (exact) mass is 359 g/mol. The lowest BCUT2D eigenvalue weighted by Gasteiger charge is -2.57. The van der Waals surface area contributed by atoms with Crippen LogP contribution in [-0.4, -0.2) is 23.2 Å². The zero-order chi connectivity index (χ0) is 17.2. The van der Waals surface area contributed by atoms with Crippen LogP contribution in [0, 0.1) is 23.7 Å². The van der Waals surface area contributed by atoms with Gasteiger partial charge in [0.15, 0.2) is 0 Å². The van der Waals surface area contributed by atoms with Crippen LogP contribution in [0.4, 0.5) is 0 Å². The highest BCUT2D eigenvalue weighted by molar-refractivity contribution is 6.30. The van der Waals surface area contributed by atoms with E-state index in [0.717, 1.165) is 29.7 Å². The van der Waals surface area contributed by atoms with E-state index in [1.54, 1.807) is 0 Å². The summed E-state index contributed by atoms with van der Waals surface area (Å²) in [7, 11) is 0. The molecule has 5 fully saturated rings. The third kappa shape index (κ3) is 2.54. The highest BCUT2D eigenvalue weighted by Gasteiger charge is 2.60. The number of halogens is 1. The molecule has 0 spiro atoms. The van der Waals surface area contributed by atoms with E-state index in [0.29, 0.717) is 5.02 Å². The van der Waals surface area contributed by atoms with Crippen molar-refractivity contribution in [2.45, 2.75) is 55.9 Å². The summed E-state index contributed by atoms with van der Waals surface area (Å²) in [5.74, 6) is 2.52. The smallest absolute Gasteiger partial charge is 0.224 e. The van der Waals surface area contributed by atoms with Gasteiger partial charge in [0.2, 0.25) is 5.91 Å². The lowest BCUT2D eigenvalue weighted by Crippen LogP contribution is -2.60. The summed E-state index contributed by atoms with van der Waals surface area (Å²) in [5, 5.41) is 14.2. The van der Waals surface area contributed by atoms with Gasteiger partial charge in [-0.3, -0.25) is 4.79 Å². The molecule has 0 aliphatic heterocycles. The molecular weight excluding hydrogens is 334 g/mol. The van der Waals surface area contributed by atoms with Gasteiger partial charge in [-0.05, 0) is 80.4 Å². The summed E-state index contributed by atoms with van der Waals surface area (Å²) in [6.07, 6.45) is 8.39. The van der Waals surface area contributed by atoms with Crippen molar-refractivity contribution in [2.75, 3.05) is 6.61 Å². The van der Waals surface area contributed by atoms with Gasteiger partial charge in [0.25, 0.3) is 0 Å². The lowest BCUT2D eigenvalue weighted by atomic mass is 9.53. The van der Waals surface area contributed by atoms with Crippen LogP contribution in [0.25, 0.3) is 0 Å². The number of benzene rings is 1. The zero-order valence-electron chi connectivity index (χ0n) is 14.5. The minimum absolute atomic E-state index is 0.0214. The van der Waals surface area contributed by atoms with Gasteiger partial charge in [0.05, 0.1) is 12.5 Å². The van der Waals surface area contributed by atoms with E-state index in [2.05, 4.69) is 5.32 Å². The van der Waals surface area contributed by atoms with Gasteiger partial charge in [0, 0.05) is 16.0 Å². The Morgan fingerprint density at radius 3 is 2.12 bits per heavy atom. The Morgan fingerprint density at radius 2 is 1.60 bits per heavy atom. The molecule has 0 aromatic heterocycles. The minimum Gasteiger partial charge on any atom is -0.395 e. The van der Waals surface area contributed by atoms with E-state index in [9.17, 15) is 9.90 Å². The Labute approximate surface area is 154 Å². The van der Waals surface area contributed by atoms with Crippen molar-refractivity contribution in [2.24, 2.45) is 23.7 Å². The van der Waals surface area contributed by atoms with Crippen LogP contribution in [0.5, 0.6) is 0 Å². The molecule has 0 unspecified atom stereocenters. The fourth-order valence-corrected chi connectivity index (χ4v) is 6.75. The van der Waals surface area contributed by atoms with Crippen molar-refractivity contribution in [3.8, 4) is 0 Å². The molecule has 4 bridgehead atoms. The molecule has 1 aromatic carbocycles. The van der Waals surface area contributed by atoms with Crippen LogP contribution in [0.2, 0.25) is 5.02 Å². The van der Waals surface area contributed by atoms with Crippen LogP contribution in [0.1, 0.15) is 50.5 Å². The maximum Gasteiger partial charge on any atom is 0.224 e. The summed E-state index contributed by atoms with van der Waals surface area (Å²) < 4.78 is 0. The van der Waals surface area contributed by atoms with Crippen molar-refractivity contribution >= 4 is 17.5 Å². The largest absolute Gasteiger partial charge is 0.395 e. The van der Waals surface area contributed by atoms with E-state index in [4.69, 9.17) is 11.6 Å². The average molecular weight is 360 g/mol. The molecule has 2 N–H and O–H groups in total. The van der Waals surface area contributed by atoms with Crippen molar-refractivity contribution in [1.29, 1.82) is 0 Å². The molecule has 0 heterocycles. The molecule has 4 heteroatoms. The van der Waals surface area contributed by atoms with E-state index >= 15 is 0 Å². The minimum atomic E-state index is -0.406. The molecule has 1 aromatic rings. The number of hydrogen-bond donors (Lipinski definition) is 2. The zero-order valence-corrected chi connectivity index (χ0v) is 15.3. The number of carbonyl (C=O) groups is 1. The molecule has 6 rings (SSSR count). The predicted octanol–water partition coefficient (Wildman–Crippen LogP) is 3.68. The fraction of sp³-hybridized carbons (Fsp3) is 0.667. The first kappa shape index (κ1) is 16.1. The van der Waals surface area contributed by atoms with Crippen LogP contribution >= 0.6 is 11.6 Å². The number of amides is 1. The summed E-state index contributed by atoms with van der Waals surface area (Å²) in [4.78, 5) is 13.1. The van der Waals surface area contributed by atoms with Gasteiger partial charge in [-0.15, -0.1) is 0 Å². The summed E-state index contributed by atoms with van der Waals surface area (Å²) in [5.41, 5.74) is 0.678. The van der Waals surface area contributed by atoms with Gasteiger partial charge < -0.3 is 10.4 Å². The predicted molar refractivity (Wildman–Crippen MR) is 97.4 cm³/mol. The highest BCUT2D eigenvalue weighted by Crippen LogP contribution is 2.58. The molecule has 5 saturated carbocycles. The van der Waals surface area contributed by atoms with Crippen molar-refractivity contribution in [3.63, 3.8) is 0 Å². The molecule has 0 radical (unpaired) electrons. The second kappa shape index (κ2) is 5.47. The van der Waals surface area contributed by atoms with Crippen LogP contribution in [0.3, 0.4) is 0 Å². The molecule has 3 nitrogen and oxygen atoms in total. The normalized spacial score (nSPS) is 43.9. The van der Waals surface area contributed by atoms with Gasteiger partial charge in [-0.1, -0.05) is 23.7 Å². The molecule has 25 heavy (non-hydrogen) atoms. The SMILES string of the molecule is O=C(NC12CC3CC(CC(C3)C1)C2)[C@H]1C[C@]1(CO)c1ccc(Cl)cc1. The Balaban J connectivity index is 1.33. The quantitative estimate of drug-likeness (QED) is 0.861. The third-order valence-corrected chi connectivity index (χ3v) is 7.77. The van der Waals surface area contributed by atoms with Crippen molar-refractivity contribution < 1.29 is 9.90 Å². The lowest BCUT2D eigenvalue weighted by molar-refractivity contribution is -0.128. The van der Waals surface area contributed by atoms with Gasteiger partial charge in [-0.25, -0.2) is 0 Å². The maximum atomic E-state index is 13.1. The summed E-state index contributed by atoms with van der Waals surface area (Å²) in [6, 6.07) is 7.61. The number of hydrogen-bond acceptors (Lipinski definition) is 2. The Kier molecular flexibility index (Phi) is 3.53. The van der Waals surface area contributed by atoms with Gasteiger partial charge in [-0.2, -0.15) is 0 Å². The van der Waals surface area contributed by atoms with Crippen molar-refractivity contribution in [1.82, 2.24) is 5.32 Å². The number of nitrogens with one attached hydrogen (secondary N) is 1. The summed E-state index contributed by atoms with van der Waals surface area (Å²) >= 11 is 5.99. The van der Waals surface area contributed by atoms with E-state index < -0.39 is 5.41 Å². The molecule has 5 aliphatic rings. The highest BCUT2D eigenvalue weighted by atomic mass is 35.5. The Morgan fingerprint density at radius 1 is 1.04 bits per heavy atom. The number of rotatable bonds is 4. The fourth-order valence-electron chi connectivity index (χ4n) is 6.63. The van der Waals surface area contributed by atoms with E-state index in [-0.39, 0.29) is 24.0 Å². The molecule has 5 aliphatic carbocycles. The molecule has 2 atom stereocenters. The third-order valence-electron chi connectivity index (χ3n) is 7.52. The number of aliphatic hydroxyl groups is 1. The number of carbonyl (C=O) groups excluding carboxylic acids is 1. The van der Waals surface area contributed by atoms with E-state index in [1.165, 1.54) is 38.5 Å². The molecular formula is C21H26ClNO2. The second-order valence-electron chi connectivity index (χ2n) is 9.26. The molecule has 0 saturated heterocycles. The molecule has 134 valence electrons. The van der Waals surface area contributed by atoms with Crippen molar-refractivity contribution in [3.05, 3.63) is 34.9 Å². The first-order chi connectivity index (χ1) is 12.0. The Bertz CT molecular complexity index is 665. The van der Waals surface area contributed by atoms with Crippen LogP contribution in [0.15, 0.2) is 24.3 Å². The van der Waals surface area contributed by atoms with Gasteiger partial charge >= 0.3 is 0 Å². The second-order valence-corrected chi connectivity index (χ2v) is 9.70. The first-order valence-corrected chi connectivity index (χ1v) is 10.1. The van der Waals surface area contributed by atoms with E-state index in [1.807, 2.05) is 24.3 Å². The standard InChI is InChI=1S/C21H26ClNO2/c22-17-3-1-16(2-4-17)21(12-24)11-18(21)19(25)23-20-8-13-5-14(9-20)7-15(6-13)10-20/h1-4,13-15,18,24H,5-12H2,(H,23,25)/t13?,14?,15?,18-,20?,21+/m1/s1. The van der Waals surface area contributed by atoms with Crippen LogP contribution in [-0.2, 0) is 10.2 Å². The van der Waals surface area contributed by atoms with Crippen LogP contribution < -0.4 is 5.32 Å². The Hall–Kier alpha value is -1.06. The average Bonchev–Trinajstić information content (AvgIpc) is 3.30. The topological polar surface area (TPSA) is 49.3 Å². The maximum absolute atomic E-state index is 13.1. The number of aliphatic hydroxyl groups excluding tert-OH is 1. The summed E-state index contributed by atoms with van der Waals surface area (Å²) in [6.45, 7) is 0.0214. The molecule has 1 amide bonds. The van der Waals surface area contributed by atoms with Gasteiger partial charge in [0.1, 0.15) is 0 Å². The first-order valence-electron chi connectivity index (χ1n) is 9.71.